The number of nitrogens with zero attached hydrogens (tertiary/aromatic N) is 3. The number of piperidine rings is 2. The summed E-state index contributed by atoms with van der Waals surface area (Å²) in [7, 11) is 1.85. The van der Waals surface area contributed by atoms with Crippen molar-refractivity contribution in [3.8, 4) is 0 Å². The Kier molecular flexibility index (Phi) is 10.6. The Morgan fingerprint density at radius 1 is 1.20 bits per heavy atom. The van der Waals surface area contributed by atoms with Crippen molar-refractivity contribution in [2.24, 2.45) is 16.8 Å². The normalized spacial score (nSPS) is 21.4. The van der Waals surface area contributed by atoms with Gasteiger partial charge in [0.15, 0.2) is 5.96 Å². The van der Waals surface area contributed by atoms with Crippen LogP contribution in [0.1, 0.15) is 39.5 Å². The van der Waals surface area contributed by atoms with Crippen molar-refractivity contribution in [3.63, 3.8) is 0 Å². The number of aliphatic imine (C=N–C) groups is 1. The van der Waals surface area contributed by atoms with Gasteiger partial charge in [-0.15, -0.1) is 24.0 Å². The molecule has 170 valence electrons. The van der Waals surface area contributed by atoms with E-state index in [2.05, 4.69) is 39.3 Å². The molecule has 1 aromatic rings. The molecule has 0 aromatic heterocycles. The molecule has 0 spiro atoms. The Morgan fingerprint density at radius 2 is 1.97 bits per heavy atom. The van der Waals surface area contributed by atoms with Crippen molar-refractivity contribution in [2.75, 3.05) is 51.2 Å². The SMILES string of the molecule is CN=C(NCC1CCCN(CC(C)C)C1)NC1CCN(c2cccc(F)c2)CC1.I. The predicted octanol–water partition coefficient (Wildman–Crippen LogP) is 3.95. The highest BCUT2D eigenvalue weighted by Crippen LogP contribution is 2.21. The quantitative estimate of drug-likeness (QED) is 0.332. The molecule has 0 radical (unpaired) electrons. The summed E-state index contributed by atoms with van der Waals surface area (Å²) in [5, 5.41) is 7.16. The minimum atomic E-state index is -0.165. The number of anilines is 1. The minimum absolute atomic E-state index is 0. The van der Waals surface area contributed by atoms with Gasteiger partial charge in [-0.05, 0) is 62.3 Å². The number of hydrogen-bond acceptors (Lipinski definition) is 3. The molecule has 2 aliphatic heterocycles. The lowest BCUT2D eigenvalue weighted by molar-refractivity contribution is 0.159. The van der Waals surface area contributed by atoms with Crippen LogP contribution in [0.2, 0.25) is 0 Å². The molecule has 2 aliphatic rings. The molecule has 7 heteroatoms. The van der Waals surface area contributed by atoms with Crippen molar-refractivity contribution >= 4 is 35.6 Å². The molecule has 5 nitrogen and oxygen atoms in total. The maximum atomic E-state index is 13.5. The highest BCUT2D eigenvalue weighted by Gasteiger charge is 2.23. The first-order chi connectivity index (χ1) is 14.0. The first-order valence-electron chi connectivity index (χ1n) is 11.2. The number of likely N-dealkylation sites (tertiary alicyclic amines) is 1. The molecule has 30 heavy (non-hydrogen) atoms. The van der Waals surface area contributed by atoms with Gasteiger partial charge in [-0.2, -0.15) is 0 Å². The maximum absolute atomic E-state index is 13.5. The molecule has 2 fully saturated rings. The molecule has 1 aromatic carbocycles. The monoisotopic (exact) mass is 531 g/mol. The van der Waals surface area contributed by atoms with Crippen LogP contribution < -0.4 is 15.5 Å². The summed E-state index contributed by atoms with van der Waals surface area (Å²) in [5.74, 6) is 2.17. The van der Waals surface area contributed by atoms with Crippen LogP contribution in [0.15, 0.2) is 29.3 Å². The fourth-order valence-electron chi connectivity index (χ4n) is 4.58. The van der Waals surface area contributed by atoms with Gasteiger partial charge < -0.3 is 20.4 Å². The molecular weight excluding hydrogens is 492 g/mol. The average molecular weight is 532 g/mol. The zero-order valence-corrected chi connectivity index (χ0v) is 21.1. The minimum Gasteiger partial charge on any atom is -0.371 e. The van der Waals surface area contributed by atoms with Crippen LogP contribution in [0.3, 0.4) is 0 Å². The van der Waals surface area contributed by atoms with Crippen LogP contribution in [0.4, 0.5) is 10.1 Å². The largest absolute Gasteiger partial charge is 0.371 e. The van der Waals surface area contributed by atoms with E-state index in [0.29, 0.717) is 12.0 Å². The lowest BCUT2D eigenvalue weighted by Crippen LogP contribution is -2.50. The van der Waals surface area contributed by atoms with Gasteiger partial charge in [0.25, 0.3) is 0 Å². The maximum Gasteiger partial charge on any atom is 0.191 e. The highest BCUT2D eigenvalue weighted by molar-refractivity contribution is 14.0. The van der Waals surface area contributed by atoms with E-state index in [9.17, 15) is 4.39 Å². The average Bonchev–Trinajstić information content (AvgIpc) is 2.71. The van der Waals surface area contributed by atoms with Crippen molar-refractivity contribution in [1.29, 1.82) is 0 Å². The third-order valence-corrected chi connectivity index (χ3v) is 6.02. The molecule has 0 saturated carbocycles. The Morgan fingerprint density at radius 3 is 2.63 bits per heavy atom. The van der Waals surface area contributed by atoms with Gasteiger partial charge in [-0.1, -0.05) is 19.9 Å². The van der Waals surface area contributed by atoms with E-state index >= 15 is 0 Å². The van der Waals surface area contributed by atoms with Gasteiger partial charge in [0.1, 0.15) is 5.82 Å². The standard InChI is InChI=1S/C23H38FN5.HI/c1-18(2)16-28-11-5-6-19(17-28)15-26-23(25-3)27-21-9-12-29(13-10-21)22-8-4-7-20(24)14-22;/h4,7-8,14,18-19,21H,5-6,9-13,15-17H2,1-3H3,(H2,25,26,27);1H. The fraction of sp³-hybridized carbons (Fsp3) is 0.696. The number of guanidine groups is 1. The van der Waals surface area contributed by atoms with Crippen molar-refractivity contribution in [2.45, 2.75) is 45.6 Å². The van der Waals surface area contributed by atoms with Crippen molar-refractivity contribution in [1.82, 2.24) is 15.5 Å². The molecule has 1 atom stereocenters. The molecule has 2 heterocycles. The molecule has 3 rings (SSSR count). The number of benzene rings is 1. The second-order valence-corrected chi connectivity index (χ2v) is 9.00. The van der Waals surface area contributed by atoms with Crippen LogP contribution >= 0.6 is 24.0 Å². The van der Waals surface area contributed by atoms with E-state index in [1.54, 1.807) is 12.1 Å². The molecule has 2 N–H and O–H groups in total. The smallest absolute Gasteiger partial charge is 0.191 e. The molecule has 1 unspecified atom stereocenters. The van der Waals surface area contributed by atoms with Gasteiger partial charge in [0.05, 0.1) is 0 Å². The predicted molar refractivity (Wildman–Crippen MR) is 136 cm³/mol. The van der Waals surface area contributed by atoms with E-state index in [1.165, 1.54) is 38.5 Å². The van der Waals surface area contributed by atoms with Crippen LogP contribution in [0.25, 0.3) is 0 Å². The van der Waals surface area contributed by atoms with Gasteiger partial charge >= 0.3 is 0 Å². The van der Waals surface area contributed by atoms with Crippen molar-refractivity contribution < 1.29 is 4.39 Å². The van der Waals surface area contributed by atoms with E-state index in [4.69, 9.17) is 0 Å². The third-order valence-electron chi connectivity index (χ3n) is 6.02. The summed E-state index contributed by atoms with van der Waals surface area (Å²) in [4.78, 5) is 9.32. The second kappa shape index (κ2) is 12.7. The number of hydrogen-bond donors (Lipinski definition) is 2. The Balaban J connectivity index is 0.00000320. The zero-order valence-electron chi connectivity index (χ0n) is 18.7. The molecule has 0 bridgehead atoms. The fourth-order valence-corrected chi connectivity index (χ4v) is 4.58. The summed E-state index contributed by atoms with van der Waals surface area (Å²) in [5.41, 5.74) is 0.981. The summed E-state index contributed by atoms with van der Waals surface area (Å²) in [6, 6.07) is 7.32. The number of nitrogens with one attached hydrogen (secondary N) is 2. The van der Waals surface area contributed by atoms with E-state index < -0.39 is 0 Å². The van der Waals surface area contributed by atoms with Crippen LogP contribution in [-0.4, -0.2) is 63.2 Å². The van der Waals surface area contributed by atoms with Crippen LogP contribution in [-0.2, 0) is 0 Å². The molecule has 0 amide bonds. The van der Waals surface area contributed by atoms with Gasteiger partial charge in [-0.3, -0.25) is 4.99 Å². The molecular formula is C23H39FIN5. The summed E-state index contributed by atoms with van der Waals surface area (Å²) < 4.78 is 13.5. The topological polar surface area (TPSA) is 42.9 Å². The first kappa shape index (κ1) is 25.2. The van der Waals surface area contributed by atoms with Gasteiger partial charge in [0.2, 0.25) is 0 Å². The van der Waals surface area contributed by atoms with Crippen LogP contribution in [0, 0.1) is 17.7 Å². The van der Waals surface area contributed by atoms with E-state index in [-0.39, 0.29) is 29.8 Å². The molecule has 0 aliphatic carbocycles. The van der Waals surface area contributed by atoms with E-state index in [0.717, 1.165) is 50.0 Å². The highest BCUT2D eigenvalue weighted by atomic mass is 127. The number of halogens is 2. The van der Waals surface area contributed by atoms with Crippen molar-refractivity contribution in [3.05, 3.63) is 30.1 Å². The second-order valence-electron chi connectivity index (χ2n) is 9.00. The zero-order chi connectivity index (χ0) is 20.6. The lowest BCUT2D eigenvalue weighted by atomic mass is 9.97. The van der Waals surface area contributed by atoms with Crippen LogP contribution in [0.5, 0.6) is 0 Å². The summed E-state index contributed by atoms with van der Waals surface area (Å²) in [6.45, 7) is 11.1. The van der Waals surface area contributed by atoms with Gasteiger partial charge in [0, 0.05) is 51.5 Å². The van der Waals surface area contributed by atoms with Gasteiger partial charge in [-0.25, -0.2) is 4.39 Å². The third kappa shape index (κ3) is 7.87. The number of rotatable bonds is 6. The summed E-state index contributed by atoms with van der Waals surface area (Å²) >= 11 is 0. The lowest BCUT2D eigenvalue weighted by Gasteiger charge is -2.35. The summed E-state index contributed by atoms with van der Waals surface area (Å²) in [6.07, 6.45) is 4.65. The van der Waals surface area contributed by atoms with E-state index in [1.807, 2.05) is 13.1 Å². The first-order valence-corrected chi connectivity index (χ1v) is 11.2. The Labute approximate surface area is 198 Å². The Bertz CT molecular complexity index is 661. The Hall–Kier alpha value is -1.09. The molecule has 2 saturated heterocycles.